The Labute approximate surface area is 151 Å². The number of carbonyl (C=O) groups is 1. The van der Waals surface area contributed by atoms with Crippen molar-refractivity contribution in [2.45, 2.75) is 32.0 Å². The van der Waals surface area contributed by atoms with E-state index in [1.807, 2.05) is 0 Å². The van der Waals surface area contributed by atoms with Gasteiger partial charge in [-0.3, -0.25) is 9.36 Å². The molecule has 0 spiro atoms. The molecule has 1 aromatic rings. The lowest BCUT2D eigenvalue weighted by Gasteiger charge is -2.23. The molecule has 0 amide bonds. The average Bonchev–Trinajstić information content (AvgIpc) is 2.57. The van der Waals surface area contributed by atoms with Gasteiger partial charge >= 0.3 is 13.6 Å². The molecule has 136 valence electrons. The summed E-state index contributed by atoms with van der Waals surface area (Å²) in [7, 11) is -0.939. The largest absolute Gasteiger partial charge is 0.492 e. The second-order valence-electron chi connectivity index (χ2n) is 4.78. The summed E-state index contributed by atoms with van der Waals surface area (Å²) in [5.41, 5.74) is 0. The van der Waals surface area contributed by atoms with Crippen LogP contribution in [0.2, 0.25) is 10.0 Å². The van der Waals surface area contributed by atoms with Crippen LogP contribution >= 0.6 is 30.8 Å². The number of rotatable bonds is 10. The summed E-state index contributed by atoms with van der Waals surface area (Å²) < 4.78 is 32.6. The minimum absolute atomic E-state index is 0.106. The molecular weight excluding hydrogens is 378 g/mol. The normalized spacial score (nSPS) is 12.7. The monoisotopic (exact) mass is 398 g/mol. The molecule has 0 aliphatic heterocycles. The lowest BCUT2D eigenvalue weighted by Crippen LogP contribution is -2.19. The molecule has 0 aliphatic carbocycles. The van der Waals surface area contributed by atoms with Gasteiger partial charge in [-0.15, -0.1) is 0 Å². The van der Waals surface area contributed by atoms with Gasteiger partial charge in [0.15, 0.2) is 0 Å². The third-order valence-corrected chi connectivity index (χ3v) is 5.88. The van der Waals surface area contributed by atoms with E-state index in [0.29, 0.717) is 28.6 Å². The van der Waals surface area contributed by atoms with Crippen molar-refractivity contribution < 1.29 is 27.9 Å². The number of halogens is 2. The second-order valence-corrected chi connectivity index (χ2v) is 8.01. The SMILES string of the molecule is CCC(OC(=O)CCCOc1ccc(Cl)cc1Cl)P(=O)(OC)OC. The first-order chi connectivity index (χ1) is 11.4. The number of hydrogen-bond acceptors (Lipinski definition) is 6. The molecule has 0 saturated carbocycles. The van der Waals surface area contributed by atoms with E-state index in [2.05, 4.69) is 0 Å². The predicted molar refractivity (Wildman–Crippen MR) is 93.0 cm³/mol. The predicted octanol–water partition coefficient (Wildman–Crippen LogP) is 4.92. The van der Waals surface area contributed by atoms with Crippen LogP contribution in [-0.4, -0.2) is 32.6 Å². The highest BCUT2D eigenvalue weighted by atomic mass is 35.5. The smallest absolute Gasteiger partial charge is 0.370 e. The molecule has 24 heavy (non-hydrogen) atoms. The van der Waals surface area contributed by atoms with Gasteiger partial charge in [0.25, 0.3) is 0 Å². The fourth-order valence-corrected chi connectivity index (χ4v) is 3.66. The van der Waals surface area contributed by atoms with Crippen LogP contribution < -0.4 is 4.74 Å². The summed E-state index contributed by atoms with van der Waals surface area (Å²) >= 11 is 11.8. The van der Waals surface area contributed by atoms with Crippen molar-refractivity contribution in [3.63, 3.8) is 0 Å². The van der Waals surface area contributed by atoms with E-state index in [9.17, 15) is 9.36 Å². The van der Waals surface area contributed by atoms with Crippen LogP contribution in [0.4, 0.5) is 0 Å². The van der Waals surface area contributed by atoms with Gasteiger partial charge in [0.05, 0.1) is 11.6 Å². The van der Waals surface area contributed by atoms with Crippen molar-refractivity contribution in [2.75, 3.05) is 20.8 Å². The molecule has 6 nitrogen and oxygen atoms in total. The molecule has 0 heterocycles. The van der Waals surface area contributed by atoms with Crippen LogP contribution in [0, 0.1) is 0 Å². The van der Waals surface area contributed by atoms with E-state index in [-0.39, 0.29) is 13.0 Å². The van der Waals surface area contributed by atoms with Crippen molar-refractivity contribution in [3.8, 4) is 5.75 Å². The summed E-state index contributed by atoms with van der Waals surface area (Å²) in [6, 6.07) is 4.89. The van der Waals surface area contributed by atoms with Gasteiger partial charge in [0.1, 0.15) is 5.75 Å². The summed E-state index contributed by atoms with van der Waals surface area (Å²) in [4.78, 5) is 11.9. The fraction of sp³-hybridized carbons (Fsp3) is 0.533. The standard InChI is InChI=1S/C15H21Cl2O6P/c1-4-15(24(19,20-2)21-3)23-14(18)6-5-9-22-13-8-7-11(16)10-12(13)17/h7-8,10,15H,4-6,9H2,1-3H3. The first-order valence-corrected chi connectivity index (χ1v) is 9.71. The second kappa shape index (κ2) is 10.3. The maximum absolute atomic E-state index is 12.2. The molecular formula is C15H21Cl2O6P. The third kappa shape index (κ3) is 6.26. The summed E-state index contributed by atoms with van der Waals surface area (Å²) in [6.07, 6.45) is 0.842. The molecule has 9 heteroatoms. The topological polar surface area (TPSA) is 71.1 Å². The van der Waals surface area contributed by atoms with Gasteiger partial charge in [-0.25, -0.2) is 0 Å². The summed E-state index contributed by atoms with van der Waals surface area (Å²) in [5.74, 6) is -0.933. The number of esters is 1. The lowest BCUT2D eigenvalue weighted by atomic mass is 10.3. The Hall–Kier alpha value is -0.780. The molecule has 1 atom stereocenters. The van der Waals surface area contributed by atoms with E-state index in [4.69, 9.17) is 41.7 Å². The van der Waals surface area contributed by atoms with Crippen LogP contribution in [0.3, 0.4) is 0 Å². The Morgan fingerprint density at radius 2 is 1.92 bits per heavy atom. The zero-order chi connectivity index (χ0) is 18.2. The molecule has 0 aromatic heterocycles. The van der Waals surface area contributed by atoms with E-state index >= 15 is 0 Å². The van der Waals surface area contributed by atoms with Crippen LogP contribution in [0.25, 0.3) is 0 Å². The van der Waals surface area contributed by atoms with Gasteiger partial charge in [0, 0.05) is 25.7 Å². The van der Waals surface area contributed by atoms with Gasteiger partial charge < -0.3 is 18.5 Å². The van der Waals surface area contributed by atoms with Gasteiger partial charge in [-0.1, -0.05) is 30.1 Å². The summed E-state index contributed by atoms with van der Waals surface area (Å²) in [6.45, 7) is 2.01. The Morgan fingerprint density at radius 3 is 2.46 bits per heavy atom. The molecule has 0 saturated heterocycles. The van der Waals surface area contributed by atoms with Crippen molar-refractivity contribution >= 4 is 36.8 Å². The molecule has 0 aliphatic rings. The van der Waals surface area contributed by atoms with E-state index < -0.39 is 19.4 Å². The number of ether oxygens (including phenoxy) is 2. The maximum atomic E-state index is 12.2. The minimum Gasteiger partial charge on any atom is -0.492 e. The van der Waals surface area contributed by atoms with Crippen LogP contribution in [0.15, 0.2) is 18.2 Å². The highest BCUT2D eigenvalue weighted by Gasteiger charge is 2.35. The number of carbonyl (C=O) groups excluding carboxylic acids is 1. The van der Waals surface area contributed by atoms with Crippen molar-refractivity contribution in [1.82, 2.24) is 0 Å². The average molecular weight is 399 g/mol. The Bertz CT molecular complexity index is 587. The van der Waals surface area contributed by atoms with E-state index in [1.165, 1.54) is 14.2 Å². The first-order valence-electron chi connectivity index (χ1n) is 7.34. The zero-order valence-corrected chi connectivity index (χ0v) is 16.2. The number of hydrogen-bond donors (Lipinski definition) is 0. The molecule has 0 N–H and O–H groups in total. The van der Waals surface area contributed by atoms with Crippen molar-refractivity contribution in [1.29, 1.82) is 0 Å². The Kier molecular flexibility index (Phi) is 9.09. The van der Waals surface area contributed by atoms with Crippen LogP contribution in [0.5, 0.6) is 5.75 Å². The Balaban J connectivity index is 2.42. The highest BCUT2D eigenvalue weighted by molar-refractivity contribution is 7.54. The first kappa shape index (κ1) is 21.3. The minimum atomic E-state index is -3.45. The summed E-state index contributed by atoms with van der Waals surface area (Å²) in [5, 5.41) is 0.916. The van der Waals surface area contributed by atoms with Gasteiger partial charge in [0.2, 0.25) is 5.85 Å². The highest BCUT2D eigenvalue weighted by Crippen LogP contribution is 2.53. The van der Waals surface area contributed by atoms with Crippen molar-refractivity contribution in [3.05, 3.63) is 28.2 Å². The molecule has 0 bridgehead atoms. The van der Waals surface area contributed by atoms with Crippen molar-refractivity contribution in [2.24, 2.45) is 0 Å². The van der Waals surface area contributed by atoms with Gasteiger partial charge in [-0.2, -0.15) is 0 Å². The maximum Gasteiger partial charge on any atom is 0.370 e. The number of benzene rings is 1. The lowest BCUT2D eigenvalue weighted by molar-refractivity contribution is -0.146. The van der Waals surface area contributed by atoms with Crippen LogP contribution in [-0.2, 0) is 23.1 Å². The van der Waals surface area contributed by atoms with E-state index in [1.54, 1.807) is 25.1 Å². The third-order valence-electron chi connectivity index (χ3n) is 3.16. The Morgan fingerprint density at radius 1 is 1.25 bits per heavy atom. The quantitative estimate of drug-likeness (QED) is 0.316. The van der Waals surface area contributed by atoms with E-state index in [0.717, 1.165) is 0 Å². The van der Waals surface area contributed by atoms with Gasteiger partial charge in [-0.05, 0) is 31.0 Å². The molecule has 1 unspecified atom stereocenters. The molecule has 1 rings (SSSR count). The fourth-order valence-electron chi connectivity index (χ4n) is 1.88. The molecule has 0 fully saturated rings. The molecule has 0 radical (unpaired) electrons. The zero-order valence-electron chi connectivity index (χ0n) is 13.8. The van der Waals surface area contributed by atoms with Crippen LogP contribution in [0.1, 0.15) is 26.2 Å². The molecule has 1 aromatic carbocycles.